The molecule has 0 aliphatic rings. The molecule has 9 heteroatoms. The zero-order valence-corrected chi connectivity index (χ0v) is 15.6. The number of aromatic nitrogens is 1. The van der Waals surface area contributed by atoms with Crippen molar-refractivity contribution in [2.45, 2.75) is 18.9 Å². The van der Waals surface area contributed by atoms with Crippen molar-refractivity contribution in [2.24, 2.45) is 0 Å². The highest BCUT2D eigenvalue weighted by molar-refractivity contribution is 7.92. The van der Waals surface area contributed by atoms with E-state index in [2.05, 4.69) is 15.0 Å². The fourth-order valence-corrected chi connectivity index (χ4v) is 3.21. The van der Waals surface area contributed by atoms with E-state index in [0.29, 0.717) is 22.4 Å². The molecule has 1 heterocycles. The Morgan fingerprint density at radius 1 is 1.19 bits per heavy atom. The van der Waals surface area contributed by atoms with Gasteiger partial charge in [-0.1, -0.05) is 24.3 Å². The third-order valence-electron chi connectivity index (χ3n) is 3.96. The Kier molecular flexibility index (Phi) is 4.79. The van der Waals surface area contributed by atoms with Crippen LogP contribution in [0.3, 0.4) is 0 Å². The lowest BCUT2D eigenvalue weighted by atomic mass is 9.93. The molecule has 0 saturated heterocycles. The summed E-state index contributed by atoms with van der Waals surface area (Å²) in [5.74, 6) is -1.07. The van der Waals surface area contributed by atoms with E-state index in [-0.39, 0.29) is 12.4 Å². The van der Waals surface area contributed by atoms with Crippen LogP contribution in [0.1, 0.15) is 12.5 Å². The number of hydrogen-bond acceptors (Lipinski definition) is 6. The van der Waals surface area contributed by atoms with Crippen molar-refractivity contribution < 1.29 is 22.7 Å². The Balaban J connectivity index is 1.80. The topological polar surface area (TPSA) is 122 Å². The Labute approximate surface area is 156 Å². The van der Waals surface area contributed by atoms with E-state index in [1.807, 2.05) is 6.07 Å². The monoisotopic (exact) mass is 389 g/mol. The summed E-state index contributed by atoms with van der Waals surface area (Å²) in [7, 11) is -3.37. The highest BCUT2D eigenvalue weighted by Crippen LogP contribution is 2.24. The minimum Gasteiger partial charge on any atom is -0.480 e. The van der Waals surface area contributed by atoms with Crippen molar-refractivity contribution in [1.29, 1.82) is 0 Å². The van der Waals surface area contributed by atoms with Crippen LogP contribution in [0.5, 0.6) is 0 Å². The van der Waals surface area contributed by atoms with Gasteiger partial charge in [-0.3, -0.25) is 4.72 Å². The maximum absolute atomic E-state index is 11.9. The van der Waals surface area contributed by atoms with Gasteiger partial charge >= 0.3 is 5.97 Å². The normalized spacial score (nSPS) is 13.9. The predicted octanol–water partition coefficient (Wildman–Crippen LogP) is 2.70. The molecule has 1 atom stereocenters. The lowest BCUT2D eigenvalue weighted by molar-refractivity contribution is -0.141. The second-order valence-corrected chi connectivity index (χ2v) is 8.25. The van der Waals surface area contributed by atoms with Crippen molar-refractivity contribution >= 4 is 38.8 Å². The van der Waals surface area contributed by atoms with E-state index in [9.17, 15) is 18.3 Å². The van der Waals surface area contributed by atoms with Crippen LogP contribution in [0.25, 0.3) is 11.1 Å². The number of benzene rings is 2. The first-order valence-corrected chi connectivity index (χ1v) is 9.98. The van der Waals surface area contributed by atoms with Gasteiger partial charge in [0.05, 0.1) is 6.26 Å². The van der Waals surface area contributed by atoms with Crippen molar-refractivity contribution in [2.75, 3.05) is 16.3 Å². The van der Waals surface area contributed by atoms with Gasteiger partial charge in [-0.2, -0.15) is 4.98 Å². The van der Waals surface area contributed by atoms with Crippen LogP contribution in [0.2, 0.25) is 0 Å². The summed E-state index contributed by atoms with van der Waals surface area (Å²) in [5, 5.41) is 12.6. The van der Waals surface area contributed by atoms with Crippen LogP contribution in [-0.4, -0.2) is 36.3 Å². The molecular weight excluding hydrogens is 370 g/mol. The molecular formula is C18H19N3O5S. The Morgan fingerprint density at radius 3 is 2.44 bits per heavy atom. The number of carboxylic acid groups (broad SMARTS) is 1. The van der Waals surface area contributed by atoms with Gasteiger partial charge in [0.25, 0.3) is 6.01 Å². The molecule has 2 aromatic carbocycles. The smallest absolute Gasteiger partial charge is 0.329 e. The summed E-state index contributed by atoms with van der Waals surface area (Å²) < 4.78 is 30.5. The Bertz CT molecular complexity index is 1040. The first-order valence-electron chi connectivity index (χ1n) is 8.08. The highest BCUT2D eigenvalue weighted by Gasteiger charge is 2.35. The van der Waals surface area contributed by atoms with E-state index < -0.39 is 21.5 Å². The second-order valence-electron chi connectivity index (χ2n) is 6.50. The largest absolute Gasteiger partial charge is 0.480 e. The predicted molar refractivity (Wildman–Crippen MR) is 102 cm³/mol. The zero-order valence-electron chi connectivity index (χ0n) is 14.8. The van der Waals surface area contributed by atoms with Crippen molar-refractivity contribution in [3.05, 3.63) is 54.1 Å². The minimum atomic E-state index is -3.37. The highest BCUT2D eigenvalue weighted by atomic mass is 32.2. The molecule has 0 fully saturated rings. The first-order chi connectivity index (χ1) is 12.6. The van der Waals surface area contributed by atoms with Crippen LogP contribution < -0.4 is 10.0 Å². The molecule has 142 valence electrons. The van der Waals surface area contributed by atoms with Crippen molar-refractivity contribution in [1.82, 2.24) is 4.98 Å². The molecule has 0 bridgehead atoms. The number of oxazole rings is 1. The van der Waals surface area contributed by atoms with Gasteiger partial charge in [0.1, 0.15) is 11.1 Å². The second kappa shape index (κ2) is 6.92. The molecule has 0 spiro atoms. The molecule has 0 amide bonds. The lowest BCUT2D eigenvalue weighted by Gasteiger charge is -2.25. The fraction of sp³-hybridized carbons (Fsp3) is 0.222. The van der Waals surface area contributed by atoms with Gasteiger partial charge in [0.2, 0.25) is 10.0 Å². The molecule has 3 aromatic rings. The number of aliphatic carboxylic acids is 1. The van der Waals surface area contributed by atoms with Crippen LogP contribution >= 0.6 is 0 Å². The minimum absolute atomic E-state index is 0.122. The summed E-state index contributed by atoms with van der Waals surface area (Å²) >= 11 is 0. The van der Waals surface area contributed by atoms with Gasteiger partial charge in [0, 0.05) is 12.1 Å². The average Bonchev–Trinajstić information content (AvgIpc) is 2.97. The maximum atomic E-state index is 11.9. The van der Waals surface area contributed by atoms with E-state index in [4.69, 9.17) is 4.42 Å². The molecule has 0 radical (unpaired) electrons. The van der Waals surface area contributed by atoms with Gasteiger partial charge in [0.15, 0.2) is 5.58 Å². The molecule has 0 saturated carbocycles. The summed E-state index contributed by atoms with van der Waals surface area (Å²) in [4.78, 5) is 16.1. The lowest BCUT2D eigenvalue weighted by Crippen LogP contribution is -2.45. The van der Waals surface area contributed by atoms with E-state index in [1.165, 1.54) is 6.92 Å². The third-order valence-corrected chi connectivity index (χ3v) is 4.57. The van der Waals surface area contributed by atoms with E-state index >= 15 is 0 Å². The number of nitrogens with zero attached hydrogens (tertiary/aromatic N) is 1. The fourth-order valence-electron chi connectivity index (χ4n) is 2.65. The number of sulfonamides is 1. The quantitative estimate of drug-likeness (QED) is 0.568. The van der Waals surface area contributed by atoms with Crippen LogP contribution in [0.4, 0.5) is 11.7 Å². The van der Waals surface area contributed by atoms with Crippen LogP contribution in [0, 0.1) is 0 Å². The molecule has 3 rings (SSSR count). The summed E-state index contributed by atoms with van der Waals surface area (Å²) in [5.41, 5.74) is 0.938. The standard InChI is InChI=1S/C18H19N3O5S/c1-18(16(22)23,20-17-19-14-5-3-4-6-15(14)26-17)11-12-7-9-13(10-8-12)21-27(2,24)25/h3-10,21H,11H2,1-2H3,(H,19,20)(H,22,23)/t18-/m0/s1. The number of rotatable bonds is 7. The number of carbonyl (C=O) groups is 1. The molecule has 0 aliphatic carbocycles. The summed E-state index contributed by atoms with van der Waals surface area (Å²) in [6, 6.07) is 13.8. The van der Waals surface area contributed by atoms with Crippen molar-refractivity contribution in [3.8, 4) is 0 Å². The molecule has 8 nitrogen and oxygen atoms in total. The first kappa shape index (κ1) is 18.7. The number of carboxylic acids is 1. The molecule has 3 N–H and O–H groups in total. The maximum Gasteiger partial charge on any atom is 0.329 e. The summed E-state index contributed by atoms with van der Waals surface area (Å²) in [6.07, 6.45) is 1.20. The van der Waals surface area contributed by atoms with Crippen molar-refractivity contribution in [3.63, 3.8) is 0 Å². The molecule has 27 heavy (non-hydrogen) atoms. The SMILES string of the molecule is C[C@@](Cc1ccc(NS(C)(=O)=O)cc1)(Nc1nc2ccccc2o1)C(=O)O. The number of hydrogen-bond donors (Lipinski definition) is 3. The van der Waals surface area contributed by atoms with Gasteiger partial charge in [-0.25, -0.2) is 13.2 Å². The Hall–Kier alpha value is -3.07. The number of fused-ring (bicyclic) bond motifs is 1. The van der Waals surface area contributed by atoms with Crippen LogP contribution in [0.15, 0.2) is 52.9 Å². The Morgan fingerprint density at radius 2 is 1.85 bits per heavy atom. The van der Waals surface area contributed by atoms with Crippen LogP contribution in [-0.2, 0) is 21.2 Å². The van der Waals surface area contributed by atoms with Gasteiger partial charge < -0.3 is 14.8 Å². The summed E-state index contributed by atoms with van der Waals surface area (Å²) in [6.45, 7) is 1.53. The third kappa shape index (κ3) is 4.56. The molecule has 0 unspecified atom stereocenters. The number of nitrogens with one attached hydrogen (secondary N) is 2. The van der Waals surface area contributed by atoms with E-state index in [0.717, 1.165) is 6.26 Å². The molecule has 0 aliphatic heterocycles. The van der Waals surface area contributed by atoms with E-state index in [1.54, 1.807) is 42.5 Å². The molecule has 1 aromatic heterocycles. The van der Waals surface area contributed by atoms with Gasteiger partial charge in [-0.15, -0.1) is 0 Å². The number of anilines is 2. The zero-order chi connectivity index (χ0) is 19.7. The number of para-hydroxylation sites is 2. The average molecular weight is 389 g/mol. The van der Waals surface area contributed by atoms with Gasteiger partial charge in [-0.05, 0) is 36.8 Å².